The molecule has 0 radical (unpaired) electrons. The monoisotopic (exact) mass is 314 g/mol. The Morgan fingerprint density at radius 2 is 1.38 bits per heavy atom. The molecule has 1 aromatic carbocycles. The molecule has 0 saturated carbocycles. The van der Waals surface area contributed by atoms with E-state index in [1.165, 1.54) is 0 Å². The number of benzene rings is 1. The van der Waals surface area contributed by atoms with Crippen LogP contribution < -0.4 is 14.7 Å². The maximum atomic E-state index is 5.92. The molecule has 6 heteroatoms. The van der Waals surface area contributed by atoms with E-state index in [4.69, 9.17) is 22.8 Å². The maximum Gasteiger partial charge on any atom is 0.537 e. The highest BCUT2D eigenvalue weighted by atomic mass is 28.4. The standard InChI is InChI=1S/C15H26O5Si/c1-7-18-21(19-8-2,20-9-3)13-10-12(4)15(17-6)14(11-13)16-5/h10-11H,7-9H2,1-6H3. The second kappa shape index (κ2) is 8.38. The van der Waals surface area contributed by atoms with Gasteiger partial charge in [-0.25, -0.2) is 0 Å². The van der Waals surface area contributed by atoms with Gasteiger partial charge in [0.15, 0.2) is 11.5 Å². The molecule has 0 bridgehead atoms. The van der Waals surface area contributed by atoms with Crippen LogP contribution in [0.4, 0.5) is 0 Å². The molecule has 0 N–H and O–H groups in total. The fraction of sp³-hybridized carbons (Fsp3) is 0.600. The van der Waals surface area contributed by atoms with Crippen LogP contribution in [-0.2, 0) is 13.3 Å². The molecule has 5 nitrogen and oxygen atoms in total. The number of methoxy groups -OCH3 is 2. The van der Waals surface area contributed by atoms with Crippen molar-refractivity contribution in [3.63, 3.8) is 0 Å². The van der Waals surface area contributed by atoms with E-state index >= 15 is 0 Å². The minimum atomic E-state index is -2.92. The first kappa shape index (κ1) is 18.0. The van der Waals surface area contributed by atoms with Gasteiger partial charge in [-0.1, -0.05) is 0 Å². The molecule has 1 rings (SSSR count). The van der Waals surface area contributed by atoms with Crippen molar-refractivity contribution >= 4 is 14.0 Å². The first-order valence-electron chi connectivity index (χ1n) is 7.23. The maximum absolute atomic E-state index is 5.92. The van der Waals surface area contributed by atoms with Crippen molar-refractivity contribution in [2.75, 3.05) is 34.0 Å². The Labute approximate surface area is 128 Å². The molecule has 0 aromatic heterocycles. The molecule has 120 valence electrons. The minimum Gasteiger partial charge on any atom is -0.493 e. The molecule has 0 saturated heterocycles. The van der Waals surface area contributed by atoms with E-state index < -0.39 is 8.80 Å². The molecule has 0 heterocycles. The van der Waals surface area contributed by atoms with E-state index in [0.717, 1.165) is 10.8 Å². The molecule has 0 fully saturated rings. The van der Waals surface area contributed by atoms with Crippen LogP contribution in [0.25, 0.3) is 0 Å². The van der Waals surface area contributed by atoms with E-state index in [2.05, 4.69) is 0 Å². The van der Waals surface area contributed by atoms with Gasteiger partial charge in [0.05, 0.1) is 14.2 Å². The summed E-state index contributed by atoms with van der Waals surface area (Å²) in [5.41, 5.74) is 0.961. The van der Waals surface area contributed by atoms with Gasteiger partial charge in [0, 0.05) is 25.0 Å². The highest BCUT2D eigenvalue weighted by Gasteiger charge is 2.44. The van der Waals surface area contributed by atoms with Crippen molar-refractivity contribution in [1.82, 2.24) is 0 Å². The number of hydrogen-bond donors (Lipinski definition) is 0. The molecular formula is C15H26O5Si. The highest BCUT2D eigenvalue weighted by Crippen LogP contribution is 2.30. The third kappa shape index (κ3) is 3.97. The predicted molar refractivity (Wildman–Crippen MR) is 84.5 cm³/mol. The van der Waals surface area contributed by atoms with Gasteiger partial charge < -0.3 is 22.8 Å². The molecule has 0 unspecified atom stereocenters. The lowest BCUT2D eigenvalue weighted by Crippen LogP contribution is -2.57. The molecular weight excluding hydrogens is 288 g/mol. The Bertz CT molecular complexity index is 433. The molecule has 0 spiro atoms. The zero-order chi connectivity index (χ0) is 15.9. The topological polar surface area (TPSA) is 46.2 Å². The van der Waals surface area contributed by atoms with E-state index in [0.29, 0.717) is 31.3 Å². The summed E-state index contributed by atoms with van der Waals surface area (Å²) < 4.78 is 28.6. The normalized spacial score (nSPS) is 11.5. The first-order chi connectivity index (χ1) is 10.1. The molecule has 21 heavy (non-hydrogen) atoms. The second-order valence-electron chi connectivity index (χ2n) is 4.38. The lowest BCUT2D eigenvalue weighted by atomic mass is 10.2. The highest BCUT2D eigenvalue weighted by molar-refractivity contribution is 6.75. The Morgan fingerprint density at radius 3 is 1.76 bits per heavy atom. The summed E-state index contributed by atoms with van der Waals surface area (Å²) in [6.07, 6.45) is 0. The van der Waals surface area contributed by atoms with Gasteiger partial charge in [-0.05, 0) is 45.4 Å². The molecule has 0 atom stereocenters. The van der Waals surface area contributed by atoms with E-state index in [1.54, 1.807) is 14.2 Å². The third-order valence-corrected chi connectivity index (χ3v) is 6.02. The average Bonchev–Trinajstić information content (AvgIpc) is 2.47. The van der Waals surface area contributed by atoms with E-state index in [-0.39, 0.29) is 0 Å². The van der Waals surface area contributed by atoms with Crippen molar-refractivity contribution in [1.29, 1.82) is 0 Å². The fourth-order valence-electron chi connectivity index (χ4n) is 2.28. The second-order valence-corrected chi connectivity index (χ2v) is 6.94. The van der Waals surface area contributed by atoms with Crippen LogP contribution in [0, 0.1) is 6.92 Å². The smallest absolute Gasteiger partial charge is 0.493 e. The Balaban J connectivity index is 3.38. The molecule has 1 aromatic rings. The number of aryl methyl sites for hydroxylation is 1. The van der Waals surface area contributed by atoms with E-state index in [9.17, 15) is 0 Å². The van der Waals surface area contributed by atoms with Crippen LogP contribution >= 0.6 is 0 Å². The van der Waals surface area contributed by atoms with Gasteiger partial charge in [0.25, 0.3) is 0 Å². The van der Waals surface area contributed by atoms with Gasteiger partial charge in [0.1, 0.15) is 0 Å². The SMILES string of the molecule is CCO[Si](OCC)(OCC)c1cc(C)c(OC)c(OC)c1. The summed E-state index contributed by atoms with van der Waals surface area (Å²) in [6, 6.07) is 3.88. The Hall–Kier alpha value is -1.08. The summed E-state index contributed by atoms with van der Waals surface area (Å²) in [4.78, 5) is 0. The van der Waals surface area contributed by atoms with Crippen LogP contribution in [0.1, 0.15) is 26.3 Å². The Kier molecular flexibility index (Phi) is 7.17. The van der Waals surface area contributed by atoms with Gasteiger partial charge in [-0.3, -0.25) is 0 Å². The first-order valence-corrected chi connectivity index (χ1v) is 8.95. The van der Waals surface area contributed by atoms with Crippen molar-refractivity contribution in [3.8, 4) is 11.5 Å². The Morgan fingerprint density at radius 1 is 0.857 bits per heavy atom. The van der Waals surface area contributed by atoms with Crippen LogP contribution in [0.2, 0.25) is 0 Å². The van der Waals surface area contributed by atoms with Crippen molar-refractivity contribution in [2.45, 2.75) is 27.7 Å². The zero-order valence-electron chi connectivity index (χ0n) is 13.8. The van der Waals surface area contributed by atoms with Crippen LogP contribution in [0.3, 0.4) is 0 Å². The average molecular weight is 314 g/mol. The van der Waals surface area contributed by atoms with Crippen molar-refractivity contribution in [3.05, 3.63) is 17.7 Å². The number of rotatable bonds is 9. The van der Waals surface area contributed by atoms with Gasteiger partial charge >= 0.3 is 8.80 Å². The molecule has 0 aliphatic carbocycles. The van der Waals surface area contributed by atoms with Crippen LogP contribution in [0.15, 0.2) is 12.1 Å². The van der Waals surface area contributed by atoms with Gasteiger partial charge in [-0.15, -0.1) is 0 Å². The summed E-state index contributed by atoms with van der Waals surface area (Å²) in [6.45, 7) is 9.36. The molecule has 0 aliphatic heterocycles. The lowest BCUT2D eigenvalue weighted by molar-refractivity contribution is 0.0858. The quantitative estimate of drug-likeness (QED) is 0.654. The summed E-state index contributed by atoms with van der Waals surface area (Å²) in [5, 5.41) is 0.892. The fourth-order valence-corrected chi connectivity index (χ4v) is 4.87. The molecule has 0 aliphatic rings. The zero-order valence-corrected chi connectivity index (χ0v) is 14.8. The van der Waals surface area contributed by atoms with Crippen molar-refractivity contribution < 1.29 is 22.8 Å². The van der Waals surface area contributed by atoms with E-state index in [1.807, 2.05) is 39.8 Å². The van der Waals surface area contributed by atoms with Gasteiger partial charge in [-0.2, -0.15) is 0 Å². The van der Waals surface area contributed by atoms with Crippen molar-refractivity contribution in [2.24, 2.45) is 0 Å². The summed E-state index contributed by atoms with van der Waals surface area (Å²) in [5.74, 6) is 1.37. The summed E-state index contributed by atoms with van der Waals surface area (Å²) >= 11 is 0. The predicted octanol–water partition coefficient (Wildman–Crippen LogP) is 2.27. The van der Waals surface area contributed by atoms with Crippen LogP contribution in [-0.4, -0.2) is 42.8 Å². The molecule has 0 amide bonds. The third-order valence-electron chi connectivity index (χ3n) is 3.02. The lowest BCUT2D eigenvalue weighted by Gasteiger charge is -2.29. The number of hydrogen-bond acceptors (Lipinski definition) is 5. The number of ether oxygens (including phenoxy) is 2. The van der Waals surface area contributed by atoms with Gasteiger partial charge in [0.2, 0.25) is 0 Å². The summed E-state index contributed by atoms with van der Waals surface area (Å²) in [7, 11) is 0.323. The largest absolute Gasteiger partial charge is 0.537 e. The van der Waals surface area contributed by atoms with Crippen LogP contribution in [0.5, 0.6) is 11.5 Å². The minimum absolute atomic E-state index is 0.527.